The molecule has 21 heavy (non-hydrogen) atoms. The lowest BCUT2D eigenvalue weighted by atomic mass is 9.98. The van der Waals surface area contributed by atoms with E-state index >= 15 is 0 Å². The molecule has 3 aromatic rings. The normalized spacial score (nSPS) is 12.5. The van der Waals surface area contributed by atoms with Crippen LogP contribution < -0.4 is 0 Å². The first-order valence-corrected chi connectivity index (χ1v) is 8.88. The van der Waals surface area contributed by atoms with E-state index in [2.05, 4.69) is 49.4 Å². The average Bonchev–Trinajstić information content (AvgIpc) is 2.97. The summed E-state index contributed by atoms with van der Waals surface area (Å²) in [6, 6.07) is 16.9. The lowest BCUT2D eigenvalue weighted by molar-refractivity contribution is 0.112. The van der Waals surface area contributed by atoms with E-state index in [1.165, 1.54) is 20.5 Å². The second-order valence-corrected chi connectivity index (χ2v) is 6.99. The number of carbonyl (C=O) groups excluding carboxylic acids is 1. The number of thioether (sulfide) groups is 1. The zero-order chi connectivity index (χ0) is 14.8. The van der Waals surface area contributed by atoms with Gasteiger partial charge in [0.15, 0.2) is 6.29 Å². The van der Waals surface area contributed by atoms with Crippen molar-refractivity contribution in [1.82, 2.24) is 0 Å². The van der Waals surface area contributed by atoms with E-state index in [9.17, 15) is 4.79 Å². The molecule has 2 aromatic carbocycles. The Hall–Kier alpha value is -1.58. The summed E-state index contributed by atoms with van der Waals surface area (Å²) in [4.78, 5) is 13.5. The molecule has 0 aliphatic rings. The van der Waals surface area contributed by atoms with Crippen molar-refractivity contribution in [3.05, 3.63) is 64.5 Å². The number of aldehydes is 1. The molecule has 3 rings (SSSR count). The van der Waals surface area contributed by atoms with Crippen molar-refractivity contribution >= 4 is 39.5 Å². The number of thiophene rings is 1. The Labute approximate surface area is 133 Å². The molecule has 0 saturated heterocycles. The third-order valence-corrected chi connectivity index (χ3v) is 5.85. The Bertz CT molecular complexity index is 756. The van der Waals surface area contributed by atoms with Crippen LogP contribution in [0.5, 0.6) is 0 Å². The minimum absolute atomic E-state index is 0.342. The van der Waals surface area contributed by atoms with Gasteiger partial charge in [0.25, 0.3) is 0 Å². The van der Waals surface area contributed by atoms with Crippen LogP contribution in [-0.2, 0) is 0 Å². The minimum atomic E-state index is 0.342. The van der Waals surface area contributed by atoms with Crippen LogP contribution in [0, 0.1) is 0 Å². The van der Waals surface area contributed by atoms with Gasteiger partial charge < -0.3 is 0 Å². The van der Waals surface area contributed by atoms with Gasteiger partial charge in [-0.2, -0.15) is 0 Å². The van der Waals surface area contributed by atoms with Crippen LogP contribution in [-0.4, -0.2) is 12.5 Å². The molecular weight excluding hydrogens is 296 g/mol. The summed E-state index contributed by atoms with van der Waals surface area (Å²) in [6.45, 7) is 2.23. The smallest absolute Gasteiger partial charge is 0.151 e. The zero-order valence-corrected chi connectivity index (χ0v) is 13.6. The number of hydrogen-bond acceptors (Lipinski definition) is 3. The van der Waals surface area contributed by atoms with Gasteiger partial charge in [-0.1, -0.05) is 37.3 Å². The van der Waals surface area contributed by atoms with Crippen molar-refractivity contribution in [3.8, 4) is 0 Å². The van der Waals surface area contributed by atoms with Crippen LogP contribution in [0.15, 0.2) is 53.4 Å². The van der Waals surface area contributed by atoms with Crippen molar-refractivity contribution in [1.29, 1.82) is 0 Å². The molecule has 0 spiro atoms. The van der Waals surface area contributed by atoms with Crippen LogP contribution in [0.4, 0.5) is 0 Å². The summed E-state index contributed by atoms with van der Waals surface area (Å²) in [6.07, 6.45) is 2.94. The molecule has 1 nitrogen and oxygen atoms in total. The van der Waals surface area contributed by atoms with Gasteiger partial charge in [-0.3, -0.25) is 4.79 Å². The Kier molecular flexibility index (Phi) is 4.13. The predicted molar refractivity (Wildman–Crippen MR) is 93.0 cm³/mol. The molecule has 0 saturated carbocycles. The van der Waals surface area contributed by atoms with Gasteiger partial charge >= 0.3 is 0 Å². The topological polar surface area (TPSA) is 17.1 Å². The fraction of sp³-hybridized carbons (Fsp3) is 0.167. The Morgan fingerprint density at radius 1 is 1.14 bits per heavy atom. The molecule has 1 atom stereocenters. The summed E-state index contributed by atoms with van der Waals surface area (Å²) in [5, 5.41) is 1.30. The highest BCUT2D eigenvalue weighted by Gasteiger charge is 2.13. The SMILES string of the molecule is CSc1cc(C(C)c2cc3ccccc3s2)ccc1C=O. The van der Waals surface area contributed by atoms with Crippen molar-refractivity contribution < 1.29 is 4.79 Å². The highest BCUT2D eigenvalue weighted by molar-refractivity contribution is 7.98. The molecule has 1 heterocycles. The molecule has 0 aliphatic carbocycles. The molecule has 0 N–H and O–H groups in total. The predicted octanol–water partition coefficient (Wildman–Crippen LogP) is 5.59. The highest BCUT2D eigenvalue weighted by Crippen LogP contribution is 2.35. The maximum Gasteiger partial charge on any atom is 0.151 e. The molecule has 1 unspecified atom stereocenters. The second kappa shape index (κ2) is 6.04. The summed E-state index contributed by atoms with van der Waals surface area (Å²) in [5.74, 6) is 0.342. The summed E-state index contributed by atoms with van der Waals surface area (Å²) in [7, 11) is 0. The number of benzene rings is 2. The van der Waals surface area contributed by atoms with Crippen LogP contribution >= 0.6 is 23.1 Å². The fourth-order valence-electron chi connectivity index (χ4n) is 2.47. The number of hydrogen-bond donors (Lipinski definition) is 0. The molecule has 106 valence electrons. The van der Waals surface area contributed by atoms with E-state index in [0.29, 0.717) is 5.92 Å². The van der Waals surface area contributed by atoms with Crippen molar-refractivity contribution in [2.75, 3.05) is 6.26 Å². The maximum absolute atomic E-state index is 11.0. The van der Waals surface area contributed by atoms with Gasteiger partial charge in [0, 0.05) is 26.0 Å². The Balaban J connectivity index is 2.01. The lowest BCUT2D eigenvalue weighted by Gasteiger charge is -2.12. The number of carbonyl (C=O) groups is 1. The summed E-state index contributed by atoms with van der Waals surface area (Å²) >= 11 is 3.47. The van der Waals surface area contributed by atoms with Gasteiger partial charge in [0.2, 0.25) is 0 Å². The number of rotatable bonds is 4. The molecule has 1 aromatic heterocycles. The summed E-state index contributed by atoms with van der Waals surface area (Å²) < 4.78 is 1.33. The Morgan fingerprint density at radius 2 is 1.95 bits per heavy atom. The van der Waals surface area contributed by atoms with Gasteiger partial charge in [-0.15, -0.1) is 23.1 Å². The van der Waals surface area contributed by atoms with Crippen molar-refractivity contribution in [2.24, 2.45) is 0 Å². The molecule has 0 bridgehead atoms. The first-order valence-electron chi connectivity index (χ1n) is 6.84. The number of fused-ring (bicyclic) bond motifs is 1. The third kappa shape index (κ3) is 2.76. The first kappa shape index (κ1) is 14.4. The van der Waals surface area contributed by atoms with E-state index in [4.69, 9.17) is 0 Å². The van der Waals surface area contributed by atoms with Gasteiger partial charge in [-0.05, 0) is 35.4 Å². The molecule has 0 amide bonds. The van der Waals surface area contributed by atoms with Crippen LogP contribution in [0.1, 0.15) is 33.6 Å². The van der Waals surface area contributed by atoms with Crippen LogP contribution in [0.3, 0.4) is 0 Å². The lowest BCUT2D eigenvalue weighted by Crippen LogP contribution is -1.95. The molecule has 0 fully saturated rings. The van der Waals surface area contributed by atoms with Gasteiger partial charge in [0.05, 0.1) is 0 Å². The first-order chi connectivity index (χ1) is 10.2. The van der Waals surface area contributed by atoms with E-state index in [-0.39, 0.29) is 0 Å². The largest absolute Gasteiger partial charge is 0.298 e. The van der Waals surface area contributed by atoms with E-state index in [0.717, 1.165) is 16.7 Å². The van der Waals surface area contributed by atoms with Crippen LogP contribution in [0.25, 0.3) is 10.1 Å². The zero-order valence-electron chi connectivity index (χ0n) is 12.0. The van der Waals surface area contributed by atoms with Crippen molar-refractivity contribution in [3.63, 3.8) is 0 Å². The standard InChI is InChI=1S/C18H16OS2/c1-12(13-7-8-15(11-19)18(9-13)20-2)17-10-14-5-3-4-6-16(14)21-17/h3-12H,1-2H3. The molecular formula is C18H16OS2. The quantitative estimate of drug-likeness (QED) is 0.461. The van der Waals surface area contributed by atoms with Gasteiger partial charge in [-0.25, -0.2) is 0 Å². The minimum Gasteiger partial charge on any atom is -0.298 e. The molecule has 0 radical (unpaired) electrons. The summed E-state index contributed by atoms with van der Waals surface area (Å²) in [5.41, 5.74) is 2.03. The van der Waals surface area contributed by atoms with Gasteiger partial charge in [0.1, 0.15) is 0 Å². The third-order valence-electron chi connectivity index (χ3n) is 3.76. The maximum atomic E-state index is 11.0. The van der Waals surface area contributed by atoms with Crippen molar-refractivity contribution in [2.45, 2.75) is 17.7 Å². The Morgan fingerprint density at radius 3 is 2.67 bits per heavy atom. The highest BCUT2D eigenvalue weighted by atomic mass is 32.2. The molecule has 0 aliphatic heterocycles. The molecule has 3 heteroatoms. The van der Waals surface area contributed by atoms with Crippen LogP contribution in [0.2, 0.25) is 0 Å². The second-order valence-electron chi connectivity index (χ2n) is 5.03. The average molecular weight is 312 g/mol. The van der Waals surface area contributed by atoms with E-state index in [1.54, 1.807) is 11.8 Å². The van der Waals surface area contributed by atoms with E-state index in [1.807, 2.05) is 23.7 Å². The fourth-order valence-corrected chi connectivity index (χ4v) is 4.22. The van der Waals surface area contributed by atoms with E-state index < -0.39 is 0 Å². The monoisotopic (exact) mass is 312 g/mol.